The fourth-order valence-corrected chi connectivity index (χ4v) is 5.06. The molecule has 2 aliphatic heterocycles. The molecule has 0 bridgehead atoms. The second-order valence-corrected chi connectivity index (χ2v) is 8.30. The van der Waals surface area contributed by atoms with Gasteiger partial charge in [-0.15, -0.1) is 11.8 Å². The molecule has 1 amide bonds. The van der Waals surface area contributed by atoms with Gasteiger partial charge in [0.25, 0.3) is 0 Å². The van der Waals surface area contributed by atoms with Crippen molar-refractivity contribution in [3.05, 3.63) is 30.3 Å². The molecular formula is C17H23NO3S. The zero-order valence-corrected chi connectivity index (χ0v) is 14.3. The van der Waals surface area contributed by atoms with Crippen LogP contribution in [-0.4, -0.2) is 44.6 Å². The van der Waals surface area contributed by atoms with Crippen LogP contribution < -0.4 is 0 Å². The first-order chi connectivity index (χ1) is 10.2. The van der Waals surface area contributed by atoms with Gasteiger partial charge in [-0.2, -0.15) is 0 Å². The van der Waals surface area contributed by atoms with E-state index >= 15 is 0 Å². The molecule has 0 saturated carbocycles. The monoisotopic (exact) mass is 321 g/mol. The maximum absolute atomic E-state index is 13.0. The first-order valence-electron chi connectivity index (χ1n) is 7.64. The number of ether oxygens (including phenoxy) is 1. The first kappa shape index (κ1) is 15.8. The summed E-state index contributed by atoms with van der Waals surface area (Å²) in [5.74, 6) is -0.0384. The van der Waals surface area contributed by atoms with Crippen LogP contribution in [-0.2, 0) is 9.53 Å². The van der Waals surface area contributed by atoms with Gasteiger partial charge in [-0.05, 0) is 46.2 Å². The topological polar surface area (TPSA) is 49.8 Å². The van der Waals surface area contributed by atoms with Crippen LogP contribution in [0.3, 0.4) is 0 Å². The van der Waals surface area contributed by atoms with E-state index in [2.05, 4.69) is 0 Å². The van der Waals surface area contributed by atoms with Crippen molar-refractivity contribution in [1.82, 2.24) is 4.90 Å². The van der Waals surface area contributed by atoms with Gasteiger partial charge in [0.1, 0.15) is 10.5 Å². The van der Waals surface area contributed by atoms with E-state index in [1.54, 1.807) is 18.7 Å². The molecule has 1 aromatic rings. The predicted molar refractivity (Wildman–Crippen MR) is 86.6 cm³/mol. The molecule has 4 nitrogen and oxygen atoms in total. The zero-order valence-electron chi connectivity index (χ0n) is 13.5. The summed E-state index contributed by atoms with van der Waals surface area (Å²) in [4.78, 5) is 15.8. The van der Waals surface area contributed by atoms with Crippen molar-refractivity contribution < 1.29 is 14.6 Å². The van der Waals surface area contributed by atoms with Gasteiger partial charge in [-0.1, -0.05) is 18.2 Å². The minimum absolute atomic E-state index is 0.0195. The molecule has 0 spiro atoms. The van der Waals surface area contributed by atoms with Crippen molar-refractivity contribution in [2.24, 2.45) is 0 Å². The number of benzene rings is 1. The Morgan fingerprint density at radius 1 is 1.32 bits per heavy atom. The molecule has 2 unspecified atom stereocenters. The van der Waals surface area contributed by atoms with Gasteiger partial charge < -0.3 is 14.7 Å². The van der Waals surface area contributed by atoms with Crippen LogP contribution in [0, 0.1) is 0 Å². The number of carbonyl (C=O) groups excluding carboxylic acids is 1. The lowest BCUT2D eigenvalue weighted by Gasteiger charge is -2.66. The summed E-state index contributed by atoms with van der Waals surface area (Å²) < 4.78 is 4.89. The smallest absolute Gasteiger partial charge is 0.246 e. The zero-order chi connectivity index (χ0) is 16.2. The van der Waals surface area contributed by atoms with Crippen molar-refractivity contribution in [3.8, 4) is 0 Å². The average molecular weight is 321 g/mol. The molecule has 0 radical (unpaired) electrons. The van der Waals surface area contributed by atoms with Crippen molar-refractivity contribution in [3.63, 3.8) is 0 Å². The number of carbonyl (C=O) groups is 1. The van der Waals surface area contributed by atoms with E-state index in [1.165, 1.54) is 11.8 Å². The number of rotatable bonds is 3. The van der Waals surface area contributed by atoms with Gasteiger partial charge in [0.15, 0.2) is 0 Å². The SMILES string of the molecule is CC1(C)OCCC2N1C(=O)C2(Sc1ccccc1)C(C)(C)O. The van der Waals surface area contributed by atoms with E-state index in [9.17, 15) is 9.90 Å². The van der Waals surface area contributed by atoms with Crippen LogP contribution in [0.2, 0.25) is 0 Å². The van der Waals surface area contributed by atoms with E-state index in [0.29, 0.717) is 6.61 Å². The Bertz CT molecular complexity index is 581. The lowest BCUT2D eigenvalue weighted by atomic mass is 9.71. The molecule has 2 atom stereocenters. The third-order valence-corrected chi connectivity index (χ3v) is 6.45. The number of β-lactam (4-membered cyclic amide) rings is 1. The highest BCUT2D eigenvalue weighted by Gasteiger charge is 2.71. The van der Waals surface area contributed by atoms with E-state index in [0.717, 1.165) is 11.3 Å². The minimum Gasteiger partial charge on any atom is -0.388 e. The number of hydrogen-bond acceptors (Lipinski definition) is 4. The van der Waals surface area contributed by atoms with Crippen LogP contribution in [0.15, 0.2) is 35.2 Å². The Morgan fingerprint density at radius 3 is 2.55 bits per heavy atom. The van der Waals surface area contributed by atoms with Crippen molar-refractivity contribution in [1.29, 1.82) is 0 Å². The highest BCUT2D eigenvalue weighted by atomic mass is 32.2. The average Bonchev–Trinajstić information content (AvgIpc) is 2.43. The first-order valence-corrected chi connectivity index (χ1v) is 8.46. The Hall–Kier alpha value is -1.04. The lowest BCUT2D eigenvalue weighted by Crippen LogP contribution is -2.84. The quantitative estimate of drug-likeness (QED) is 0.870. The molecule has 1 aromatic carbocycles. The molecule has 2 fully saturated rings. The van der Waals surface area contributed by atoms with Crippen molar-refractivity contribution in [2.75, 3.05) is 6.61 Å². The Labute approximate surface area is 135 Å². The Balaban J connectivity index is 2.01. The number of thioether (sulfide) groups is 1. The molecule has 2 heterocycles. The van der Waals surface area contributed by atoms with Gasteiger partial charge in [0.2, 0.25) is 5.91 Å². The maximum Gasteiger partial charge on any atom is 0.246 e. The molecule has 2 aliphatic rings. The van der Waals surface area contributed by atoms with E-state index in [-0.39, 0.29) is 11.9 Å². The fraction of sp³-hybridized carbons (Fsp3) is 0.588. The minimum atomic E-state index is -1.11. The van der Waals surface area contributed by atoms with Crippen LogP contribution in [0.4, 0.5) is 0 Å². The van der Waals surface area contributed by atoms with E-state index in [1.807, 2.05) is 44.2 Å². The fourth-order valence-electron chi connectivity index (χ4n) is 3.60. The number of amides is 1. The van der Waals surface area contributed by atoms with Crippen LogP contribution >= 0.6 is 11.8 Å². The molecule has 0 aliphatic carbocycles. The molecule has 2 saturated heterocycles. The number of nitrogens with zero attached hydrogens (tertiary/aromatic N) is 1. The normalized spacial score (nSPS) is 30.7. The summed E-state index contributed by atoms with van der Waals surface area (Å²) >= 11 is 1.48. The van der Waals surface area contributed by atoms with Crippen LogP contribution in [0.1, 0.15) is 34.1 Å². The highest BCUT2D eigenvalue weighted by Crippen LogP contribution is 2.56. The maximum atomic E-state index is 13.0. The third-order valence-electron chi connectivity index (χ3n) is 4.68. The second-order valence-electron chi connectivity index (χ2n) is 6.98. The summed E-state index contributed by atoms with van der Waals surface area (Å²) in [5.41, 5.74) is -1.72. The molecule has 120 valence electrons. The van der Waals surface area contributed by atoms with Gasteiger partial charge >= 0.3 is 0 Å². The summed E-state index contributed by atoms with van der Waals surface area (Å²) in [7, 11) is 0. The standard InChI is InChI=1S/C17H23NO3S/c1-15(2,20)17(22-12-8-6-5-7-9-12)13-10-11-21-16(3,4)18(13)14(17)19/h5-9,13,20H,10-11H2,1-4H3. The van der Waals surface area contributed by atoms with Gasteiger partial charge in [0, 0.05) is 4.90 Å². The number of fused-ring (bicyclic) bond motifs is 1. The molecule has 3 rings (SSSR count). The number of hydrogen-bond donors (Lipinski definition) is 1. The summed E-state index contributed by atoms with van der Waals surface area (Å²) in [6, 6.07) is 9.81. The van der Waals surface area contributed by atoms with E-state index in [4.69, 9.17) is 4.74 Å². The summed E-state index contributed by atoms with van der Waals surface area (Å²) in [5, 5.41) is 10.8. The highest BCUT2D eigenvalue weighted by molar-refractivity contribution is 8.01. The molecule has 0 aromatic heterocycles. The molecule has 22 heavy (non-hydrogen) atoms. The predicted octanol–water partition coefficient (Wildman–Crippen LogP) is 2.66. The Morgan fingerprint density at radius 2 is 1.95 bits per heavy atom. The summed E-state index contributed by atoms with van der Waals surface area (Å²) in [6.07, 6.45) is 0.749. The summed E-state index contributed by atoms with van der Waals surface area (Å²) in [6.45, 7) is 7.91. The lowest BCUT2D eigenvalue weighted by molar-refractivity contribution is -0.240. The van der Waals surface area contributed by atoms with Crippen molar-refractivity contribution >= 4 is 17.7 Å². The van der Waals surface area contributed by atoms with Crippen molar-refractivity contribution in [2.45, 2.75) is 61.1 Å². The molecule has 1 N–H and O–H groups in total. The van der Waals surface area contributed by atoms with Gasteiger partial charge in [-0.25, -0.2) is 0 Å². The number of aliphatic hydroxyl groups is 1. The largest absolute Gasteiger partial charge is 0.388 e. The Kier molecular flexibility index (Phi) is 3.59. The van der Waals surface area contributed by atoms with Gasteiger partial charge in [-0.3, -0.25) is 4.79 Å². The molecule has 5 heteroatoms. The van der Waals surface area contributed by atoms with E-state index < -0.39 is 16.1 Å². The second kappa shape index (κ2) is 4.98. The molecular weight excluding hydrogens is 298 g/mol. The van der Waals surface area contributed by atoms with Gasteiger partial charge in [0.05, 0.1) is 18.2 Å². The van der Waals surface area contributed by atoms with Crippen LogP contribution in [0.5, 0.6) is 0 Å². The van der Waals surface area contributed by atoms with Crippen LogP contribution in [0.25, 0.3) is 0 Å². The third kappa shape index (κ3) is 2.10.